The maximum Gasteiger partial charge on any atom is 0.435 e. The topological polar surface area (TPSA) is 93.3 Å². The summed E-state index contributed by atoms with van der Waals surface area (Å²) < 4.78 is 69.1. The van der Waals surface area contributed by atoms with E-state index in [1.165, 1.54) is 16.3 Å². The van der Waals surface area contributed by atoms with E-state index in [9.17, 15) is 26.4 Å². The van der Waals surface area contributed by atoms with Gasteiger partial charge in [0.25, 0.3) is 5.91 Å². The first-order valence-corrected chi connectivity index (χ1v) is 13.8. The zero-order valence-electron chi connectivity index (χ0n) is 21.3. The normalized spacial score (nSPS) is 14.2. The molecule has 0 saturated carbocycles. The number of halogens is 3. The Morgan fingerprint density at radius 3 is 2.23 bits per heavy atom. The van der Waals surface area contributed by atoms with Gasteiger partial charge in [-0.3, -0.25) is 4.79 Å². The first kappa shape index (κ1) is 26.6. The number of anilines is 1. The zero-order valence-corrected chi connectivity index (χ0v) is 22.2. The van der Waals surface area contributed by atoms with Gasteiger partial charge in [0.05, 0.1) is 18.5 Å². The lowest BCUT2D eigenvalue weighted by Gasteiger charge is -2.28. The number of carbonyl (C=O) groups is 1. The average molecular weight is 559 g/mol. The summed E-state index contributed by atoms with van der Waals surface area (Å²) in [4.78, 5) is 19.3. The van der Waals surface area contributed by atoms with Gasteiger partial charge in [-0.1, -0.05) is 17.7 Å². The van der Waals surface area contributed by atoms with Crippen LogP contribution in [0, 0.1) is 6.92 Å². The molecule has 0 bridgehead atoms. The molecule has 9 nitrogen and oxygen atoms in total. The van der Waals surface area contributed by atoms with Crippen LogP contribution in [0.4, 0.5) is 18.9 Å². The van der Waals surface area contributed by atoms with Gasteiger partial charge in [-0.25, -0.2) is 18.1 Å². The monoisotopic (exact) mass is 558 g/mol. The minimum Gasteiger partial charge on any atom is -0.307 e. The summed E-state index contributed by atoms with van der Waals surface area (Å²) in [5.74, 6) is -0.0817. The molecule has 2 aromatic heterocycles. The van der Waals surface area contributed by atoms with Crippen molar-refractivity contribution in [2.75, 3.05) is 24.7 Å². The number of nitrogens with zero attached hydrogens (tertiary/aromatic N) is 6. The van der Waals surface area contributed by atoms with Gasteiger partial charge in [0.1, 0.15) is 11.5 Å². The number of sulfonamides is 1. The molecule has 1 aliphatic rings. The molecular weight excluding hydrogens is 533 g/mol. The van der Waals surface area contributed by atoms with Crippen molar-refractivity contribution in [3.63, 3.8) is 0 Å². The number of imidazole rings is 1. The number of carbonyl (C=O) groups excluding carboxylic acids is 1. The van der Waals surface area contributed by atoms with Crippen LogP contribution in [-0.2, 0) is 29.2 Å². The molecule has 1 aliphatic heterocycles. The Bertz CT molecular complexity index is 1640. The Morgan fingerprint density at radius 2 is 1.62 bits per heavy atom. The number of amides is 1. The molecule has 0 spiro atoms. The van der Waals surface area contributed by atoms with Crippen LogP contribution in [0.1, 0.15) is 33.1 Å². The van der Waals surface area contributed by atoms with Crippen molar-refractivity contribution in [2.24, 2.45) is 0 Å². The van der Waals surface area contributed by atoms with E-state index in [0.29, 0.717) is 22.9 Å². The van der Waals surface area contributed by atoms with Crippen molar-refractivity contribution in [3.05, 3.63) is 89.3 Å². The molecule has 0 aliphatic carbocycles. The third kappa shape index (κ3) is 5.06. The number of benzene rings is 2. The molecule has 0 radical (unpaired) electrons. The Morgan fingerprint density at radius 1 is 1.00 bits per heavy atom. The van der Waals surface area contributed by atoms with E-state index in [1.54, 1.807) is 65.5 Å². The van der Waals surface area contributed by atoms with E-state index >= 15 is 0 Å². The second-order valence-electron chi connectivity index (χ2n) is 9.38. The highest BCUT2D eigenvalue weighted by atomic mass is 32.2. The van der Waals surface area contributed by atoms with Gasteiger partial charge in [0.2, 0.25) is 10.0 Å². The fourth-order valence-electron chi connectivity index (χ4n) is 4.50. The Labute approximate surface area is 223 Å². The van der Waals surface area contributed by atoms with Gasteiger partial charge in [-0.05, 0) is 49.7 Å². The SMILES string of the molecule is Cc1ccc(-n2nc(C(F)(F)F)c3c2C(=O)N(c2ccc(-n4ccnc4CN(C)S(C)(=O)=O)cc2)CC3)cc1. The van der Waals surface area contributed by atoms with E-state index in [0.717, 1.165) is 16.5 Å². The van der Waals surface area contributed by atoms with Crippen molar-refractivity contribution in [1.82, 2.24) is 23.6 Å². The zero-order chi connectivity index (χ0) is 28.1. The number of rotatable bonds is 6. The summed E-state index contributed by atoms with van der Waals surface area (Å²) in [7, 11) is -1.95. The third-order valence-corrected chi connectivity index (χ3v) is 7.91. The lowest BCUT2D eigenvalue weighted by Crippen LogP contribution is -2.39. The van der Waals surface area contributed by atoms with Crippen LogP contribution in [0.25, 0.3) is 11.4 Å². The molecule has 0 saturated heterocycles. The summed E-state index contributed by atoms with van der Waals surface area (Å²) in [5.41, 5.74) is 1.21. The van der Waals surface area contributed by atoms with E-state index in [2.05, 4.69) is 10.1 Å². The van der Waals surface area contributed by atoms with Gasteiger partial charge < -0.3 is 9.47 Å². The van der Waals surface area contributed by atoms with Crippen LogP contribution >= 0.6 is 0 Å². The minimum absolute atomic E-state index is 0.00692. The van der Waals surface area contributed by atoms with Gasteiger partial charge in [0.15, 0.2) is 5.69 Å². The summed E-state index contributed by atoms with van der Waals surface area (Å²) in [6.07, 6.45) is -0.347. The maximum absolute atomic E-state index is 13.8. The number of aromatic nitrogens is 4. The molecule has 3 heterocycles. The smallest absolute Gasteiger partial charge is 0.307 e. The van der Waals surface area contributed by atoms with Crippen molar-refractivity contribution < 1.29 is 26.4 Å². The molecule has 204 valence electrons. The molecular formula is C26H25F3N6O3S. The van der Waals surface area contributed by atoms with E-state index in [4.69, 9.17) is 0 Å². The van der Waals surface area contributed by atoms with Gasteiger partial charge in [-0.2, -0.15) is 22.6 Å². The van der Waals surface area contributed by atoms with Crippen LogP contribution in [-0.4, -0.2) is 57.8 Å². The Hall–Kier alpha value is -3.97. The van der Waals surface area contributed by atoms with E-state index in [1.807, 2.05) is 6.92 Å². The molecule has 2 aromatic carbocycles. The van der Waals surface area contributed by atoms with E-state index < -0.39 is 27.8 Å². The molecule has 39 heavy (non-hydrogen) atoms. The molecule has 0 N–H and O–H groups in total. The van der Waals surface area contributed by atoms with Crippen molar-refractivity contribution >= 4 is 21.6 Å². The highest BCUT2D eigenvalue weighted by Gasteiger charge is 2.43. The largest absolute Gasteiger partial charge is 0.435 e. The first-order valence-electron chi connectivity index (χ1n) is 12.0. The average Bonchev–Trinajstić information content (AvgIpc) is 3.50. The van der Waals surface area contributed by atoms with E-state index in [-0.39, 0.29) is 30.8 Å². The fraction of sp³-hybridized carbons (Fsp3) is 0.269. The summed E-state index contributed by atoms with van der Waals surface area (Å²) >= 11 is 0. The summed E-state index contributed by atoms with van der Waals surface area (Å²) in [6, 6.07) is 13.6. The number of alkyl halides is 3. The quantitative estimate of drug-likeness (QED) is 0.357. The number of hydrogen-bond donors (Lipinski definition) is 0. The molecule has 1 amide bonds. The molecule has 0 unspecified atom stereocenters. The lowest BCUT2D eigenvalue weighted by atomic mass is 10.0. The first-order chi connectivity index (χ1) is 18.3. The van der Waals surface area contributed by atoms with Crippen LogP contribution < -0.4 is 4.90 Å². The number of aryl methyl sites for hydroxylation is 1. The Balaban J connectivity index is 1.47. The van der Waals surface area contributed by atoms with Gasteiger partial charge >= 0.3 is 6.18 Å². The summed E-state index contributed by atoms with van der Waals surface area (Å²) in [6.45, 7) is 1.98. The maximum atomic E-state index is 13.8. The van der Waals surface area contributed by atoms with Crippen LogP contribution in [0.3, 0.4) is 0 Å². The highest BCUT2D eigenvalue weighted by Crippen LogP contribution is 2.37. The molecule has 0 atom stereocenters. The van der Waals surface area contributed by atoms with Gasteiger partial charge in [-0.15, -0.1) is 0 Å². The number of hydrogen-bond acceptors (Lipinski definition) is 5. The predicted octanol–water partition coefficient (Wildman–Crippen LogP) is 3.98. The van der Waals surface area contributed by atoms with Crippen LogP contribution in [0.5, 0.6) is 0 Å². The summed E-state index contributed by atoms with van der Waals surface area (Å²) in [5, 5.41) is 3.83. The molecule has 0 fully saturated rings. The van der Waals surface area contributed by atoms with Crippen LogP contribution in [0.15, 0.2) is 60.9 Å². The molecule has 4 aromatic rings. The van der Waals surface area contributed by atoms with Crippen molar-refractivity contribution in [2.45, 2.75) is 26.1 Å². The molecule has 5 rings (SSSR count). The number of fused-ring (bicyclic) bond motifs is 1. The second kappa shape index (κ2) is 9.65. The van der Waals surface area contributed by atoms with Crippen LogP contribution in [0.2, 0.25) is 0 Å². The predicted molar refractivity (Wildman–Crippen MR) is 139 cm³/mol. The molecule has 13 heteroatoms. The van der Waals surface area contributed by atoms with Crippen molar-refractivity contribution in [3.8, 4) is 11.4 Å². The minimum atomic E-state index is -4.70. The standard InChI is InChI=1S/C26H25F3N6O3S/c1-17-4-6-20(7-5-17)35-23-21(24(31-35)26(27,28)29)12-14-34(25(23)36)19-10-8-18(9-11-19)33-15-13-30-22(33)16-32(2)39(3,37)38/h4-11,13,15H,12,14,16H2,1-3H3. The highest BCUT2D eigenvalue weighted by molar-refractivity contribution is 7.88. The Kier molecular flexibility index (Phi) is 6.59. The van der Waals surface area contributed by atoms with Gasteiger partial charge in [0, 0.05) is 42.9 Å². The second-order valence-corrected chi connectivity index (χ2v) is 11.5. The fourth-order valence-corrected chi connectivity index (χ4v) is 4.85. The van der Waals surface area contributed by atoms with Crippen molar-refractivity contribution in [1.29, 1.82) is 0 Å². The lowest BCUT2D eigenvalue weighted by molar-refractivity contribution is -0.141. The third-order valence-electron chi connectivity index (χ3n) is 6.65.